The number of aromatic nitrogens is 2. The fourth-order valence-corrected chi connectivity index (χ4v) is 3.01. The summed E-state index contributed by atoms with van der Waals surface area (Å²) >= 11 is 6.86. The van der Waals surface area contributed by atoms with Gasteiger partial charge in [-0.15, -0.1) is 0 Å². The van der Waals surface area contributed by atoms with Gasteiger partial charge in [0.15, 0.2) is 0 Å². The molecule has 2 aromatic heterocycles. The van der Waals surface area contributed by atoms with Crippen LogP contribution in [0.2, 0.25) is 0 Å². The zero-order valence-electron chi connectivity index (χ0n) is 10.3. The molecule has 0 fully saturated rings. The van der Waals surface area contributed by atoms with Crippen molar-refractivity contribution in [1.82, 2.24) is 10.1 Å². The number of hydrogen-bond donors (Lipinski definition) is 1. The van der Waals surface area contributed by atoms with Crippen LogP contribution in [0.1, 0.15) is 30.0 Å². The molecule has 96 valence electrons. The molecule has 0 amide bonds. The first-order valence-corrected chi connectivity index (χ1v) is 7.08. The van der Waals surface area contributed by atoms with Crippen molar-refractivity contribution >= 4 is 37.7 Å². The van der Waals surface area contributed by atoms with E-state index in [-0.39, 0.29) is 6.04 Å². The number of nitrogens with one attached hydrogen (secondary N) is 1. The summed E-state index contributed by atoms with van der Waals surface area (Å²) in [6, 6.07) is 2.04. The summed E-state index contributed by atoms with van der Waals surface area (Å²) < 4.78 is 7.02. The molecule has 6 heteroatoms. The summed E-state index contributed by atoms with van der Waals surface area (Å²) in [6.45, 7) is 5.91. The minimum Gasteiger partial charge on any atom is -0.362 e. The Labute approximate surface area is 122 Å². The zero-order chi connectivity index (χ0) is 13.3. The third kappa shape index (κ3) is 2.75. The normalized spacial score (nSPS) is 12.5. The molecule has 0 spiro atoms. The topological polar surface area (TPSA) is 51.0 Å². The van der Waals surface area contributed by atoms with Gasteiger partial charge in [-0.1, -0.05) is 5.16 Å². The van der Waals surface area contributed by atoms with Crippen LogP contribution in [0.4, 0.5) is 5.82 Å². The van der Waals surface area contributed by atoms with E-state index in [0.29, 0.717) is 0 Å². The molecule has 2 rings (SSSR count). The van der Waals surface area contributed by atoms with E-state index in [1.54, 1.807) is 6.20 Å². The smallest absolute Gasteiger partial charge is 0.140 e. The van der Waals surface area contributed by atoms with Gasteiger partial charge < -0.3 is 9.84 Å². The van der Waals surface area contributed by atoms with Gasteiger partial charge in [-0.05, 0) is 58.7 Å². The van der Waals surface area contributed by atoms with Crippen LogP contribution < -0.4 is 5.32 Å². The third-order valence-electron chi connectivity index (χ3n) is 2.68. The molecule has 0 aliphatic heterocycles. The second-order valence-corrected chi connectivity index (χ2v) is 5.86. The summed E-state index contributed by atoms with van der Waals surface area (Å²) in [5, 5.41) is 7.30. The summed E-state index contributed by atoms with van der Waals surface area (Å²) in [5.74, 6) is 1.63. The number of hydrogen-bond acceptors (Lipinski definition) is 4. The number of nitrogens with zero attached hydrogens (tertiary/aromatic N) is 2. The van der Waals surface area contributed by atoms with Crippen LogP contribution >= 0.6 is 31.9 Å². The minimum absolute atomic E-state index is 0.0845. The Morgan fingerprint density at radius 3 is 2.61 bits per heavy atom. The standard InChI is InChI=1S/C12H13Br2N3O/c1-6(11-7(2)17-18-8(11)3)16-12-10(14)4-9(13)5-15-12/h4-6H,1-3H3,(H,15,16). The molecule has 1 atom stereocenters. The average molecular weight is 375 g/mol. The van der Waals surface area contributed by atoms with Crippen LogP contribution in [0, 0.1) is 13.8 Å². The average Bonchev–Trinajstić information content (AvgIpc) is 2.62. The maximum atomic E-state index is 5.17. The Morgan fingerprint density at radius 1 is 1.33 bits per heavy atom. The summed E-state index contributed by atoms with van der Waals surface area (Å²) in [4.78, 5) is 4.33. The lowest BCUT2D eigenvalue weighted by Crippen LogP contribution is -2.10. The second kappa shape index (κ2) is 5.40. The van der Waals surface area contributed by atoms with Gasteiger partial charge in [0.05, 0.1) is 16.2 Å². The molecule has 1 N–H and O–H groups in total. The SMILES string of the molecule is Cc1noc(C)c1C(C)Nc1ncc(Br)cc1Br. The molecular formula is C12H13Br2N3O. The summed E-state index contributed by atoms with van der Waals surface area (Å²) in [5.41, 5.74) is 1.98. The van der Waals surface area contributed by atoms with E-state index in [9.17, 15) is 0 Å². The Balaban J connectivity index is 2.24. The molecule has 4 nitrogen and oxygen atoms in total. The molecule has 0 aliphatic rings. The molecule has 2 heterocycles. The van der Waals surface area contributed by atoms with Crippen molar-refractivity contribution in [3.05, 3.63) is 38.2 Å². The Bertz CT molecular complexity index is 549. The first-order valence-electron chi connectivity index (χ1n) is 5.49. The van der Waals surface area contributed by atoms with Crippen molar-refractivity contribution in [3.8, 4) is 0 Å². The van der Waals surface area contributed by atoms with E-state index in [2.05, 4.69) is 54.2 Å². The number of pyridine rings is 1. The third-order valence-corrected chi connectivity index (χ3v) is 3.72. The van der Waals surface area contributed by atoms with Gasteiger partial charge in [0.25, 0.3) is 0 Å². The van der Waals surface area contributed by atoms with Crippen LogP contribution in [0.15, 0.2) is 25.7 Å². The molecule has 0 radical (unpaired) electrons. The maximum absolute atomic E-state index is 5.17. The minimum atomic E-state index is 0.0845. The second-order valence-electron chi connectivity index (χ2n) is 4.09. The van der Waals surface area contributed by atoms with E-state index in [4.69, 9.17) is 4.52 Å². The molecule has 1 unspecified atom stereocenters. The lowest BCUT2D eigenvalue weighted by Gasteiger charge is -2.15. The predicted molar refractivity (Wildman–Crippen MR) is 77.7 cm³/mol. The van der Waals surface area contributed by atoms with Crippen molar-refractivity contribution in [3.63, 3.8) is 0 Å². The van der Waals surface area contributed by atoms with Gasteiger partial charge in [0.1, 0.15) is 11.6 Å². The van der Waals surface area contributed by atoms with E-state index in [0.717, 1.165) is 31.8 Å². The maximum Gasteiger partial charge on any atom is 0.140 e. The molecule has 18 heavy (non-hydrogen) atoms. The largest absolute Gasteiger partial charge is 0.362 e. The first-order chi connectivity index (χ1) is 8.49. The lowest BCUT2D eigenvalue weighted by atomic mass is 10.1. The van der Waals surface area contributed by atoms with Gasteiger partial charge in [0, 0.05) is 16.2 Å². The van der Waals surface area contributed by atoms with Crippen LogP contribution in [0.25, 0.3) is 0 Å². The summed E-state index contributed by atoms with van der Waals surface area (Å²) in [6.07, 6.45) is 1.76. The number of aryl methyl sites for hydroxylation is 2. The van der Waals surface area contributed by atoms with Gasteiger partial charge in [-0.2, -0.15) is 0 Å². The van der Waals surface area contributed by atoms with Gasteiger partial charge in [-0.25, -0.2) is 4.98 Å². The highest BCUT2D eigenvalue weighted by Gasteiger charge is 2.17. The predicted octanol–water partition coefficient (Wildman–Crippen LogP) is 4.38. The zero-order valence-corrected chi connectivity index (χ0v) is 13.5. The van der Waals surface area contributed by atoms with Crippen molar-refractivity contribution in [1.29, 1.82) is 0 Å². The molecule has 0 saturated heterocycles. The van der Waals surface area contributed by atoms with E-state index in [1.807, 2.05) is 19.9 Å². The molecule has 0 aromatic carbocycles. The Kier molecular flexibility index (Phi) is 4.07. The number of halogens is 2. The highest BCUT2D eigenvalue weighted by molar-refractivity contribution is 9.11. The van der Waals surface area contributed by atoms with Gasteiger partial charge >= 0.3 is 0 Å². The van der Waals surface area contributed by atoms with Crippen LogP contribution in [0.3, 0.4) is 0 Å². The van der Waals surface area contributed by atoms with Gasteiger partial charge in [-0.3, -0.25) is 0 Å². The Morgan fingerprint density at radius 2 is 2.06 bits per heavy atom. The Hall–Kier alpha value is -0.880. The van der Waals surface area contributed by atoms with Crippen LogP contribution in [-0.2, 0) is 0 Å². The highest BCUT2D eigenvalue weighted by atomic mass is 79.9. The van der Waals surface area contributed by atoms with Crippen molar-refractivity contribution < 1.29 is 4.52 Å². The monoisotopic (exact) mass is 373 g/mol. The molecule has 2 aromatic rings. The molecular weight excluding hydrogens is 362 g/mol. The molecule has 0 saturated carbocycles. The summed E-state index contributed by atoms with van der Waals surface area (Å²) in [7, 11) is 0. The van der Waals surface area contributed by atoms with Crippen molar-refractivity contribution in [2.75, 3.05) is 5.32 Å². The van der Waals surface area contributed by atoms with E-state index >= 15 is 0 Å². The fourth-order valence-electron chi connectivity index (χ4n) is 1.91. The van der Waals surface area contributed by atoms with Gasteiger partial charge in [0.2, 0.25) is 0 Å². The van der Waals surface area contributed by atoms with Crippen LogP contribution in [-0.4, -0.2) is 10.1 Å². The quantitative estimate of drug-likeness (QED) is 0.865. The van der Waals surface area contributed by atoms with Crippen molar-refractivity contribution in [2.24, 2.45) is 0 Å². The first kappa shape index (κ1) is 13.5. The van der Waals surface area contributed by atoms with E-state index < -0.39 is 0 Å². The highest BCUT2D eigenvalue weighted by Crippen LogP contribution is 2.29. The lowest BCUT2D eigenvalue weighted by molar-refractivity contribution is 0.392. The van der Waals surface area contributed by atoms with Crippen molar-refractivity contribution in [2.45, 2.75) is 26.8 Å². The fraction of sp³-hybridized carbons (Fsp3) is 0.333. The molecule has 0 aliphatic carbocycles. The number of anilines is 1. The van der Waals surface area contributed by atoms with E-state index in [1.165, 1.54) is 0 Å². The number of rotatable bonds is 3. The molecule has 0 bridgehead atoms. The van der Waals surface area contributed by atoms with Crippen LogP contribution in [0.5, 0.6) is 0 Å².